The standard InChI is InChI=1S/C18H24F2N2O2/c1-3-5-12(2)21-17(23)13-6-4-9-22(11-13)18(24)15-8-7-14(19)10-16(15)20/h7-8,10,12-13H,3-6,9,11H2,1-2H3,(H,21,23)/t12-,13+/m0/s1. The summed E-state index contributed by atoms with van der Waals surface area (Å²) < 4.78 is 26.8. The molecule has 0 spiro atoms. The Morgan fingerprint density at radius 2 is 2.12 bits per heavy atom. The van der Waals surface area contributed by atoms with E-state index in [1.807, 2.05) is 6.92 Å². The van der Waals surface area contributed by atoms with Gasteiger partial charge in [0.2, 0.25) is 5.91 Å². The lowest BCUT2D eigenvalue weighted by atomic mass is 9.96. The molecule has 0 saturated carbocycles. The van der Waals surface area contributed by atoms with Gasteiger partial charge in [-0.1, -0.05) is 13.3 Å². The smallest absolute Gasteiger partial charge is 0.256 e. The quantitative estimate of drug-likeness (QED) is 0.897. The van der Waals surface area contributed by atoms with Crippen LogP contribution >= 0.6 is 0 Å². The molecule has 2 rings (SSSR count). The van der Waals surface area contributed by atoms with E-state index in [2.05, 4.69) is 12.2 Å². The lowest BCUT2D eigenvalue weighted by Gasteiger charge is -2.32. The van der Waals surface area contributed by atoms with Gasteiger partial charge in [-0.2, -0.15) is 0 Å². The summed E-state index contributed by atoms with van der Waals surface area (Å²) in [6.45, 7) is 4.76. The zero-order valence-corrected chi connectivity index (χ0v) is 14.1. The Morgan fingerprint density at radius 1 is 1.38 bits per heavy atom. The average Bonchev–Trinajstić information content (AvgIpc) is 2.54. The molecule has 0 aromatic heterocycles. The van der Waals surface area contributed by atoms with Crippen LogP contribution in [0.1, 0.15) is 49.9 Å². The van der Waals surface area contributed by atoms with E-state index < -0.39 is 17.5 Å². The fourth-order valence-electron chi connectivity index (χ4n) is 3.07. The van der Waals surface area contributed by atoms with Crippen LogP contribution < -0.4 is 5.32 Å². The summed E-state index contributed by atoms with van der Waals surface area (Å²) >= 11 is 0. The lowest BCUT2D eigenvalue weighted by molar-refractivity contribution is -0.127. The molecule has 1 aromatic carbocycles. The maximum Gasteiger partial charge on any atom is 0.256 e. The molecule has 1 heterocycles. The zero-order chi connectivity index (χ0) is 17.7. The lowest BCUT2D eigenvalue weighted by Crippen LogP contribution is -2.47. The van der Waals surface area contributed by atoms with E-state index in [0.717, 1.165) is 25.0 Å². The van der Waals surface area contributed by atoms with Gasteiger partial charge in [-0.05, 0) is 38.3 Å². The molecular weight excluding hydrogens is 314 g/mol. The van der Waals surface area contributed by atoms with Gasteiger partial charge in [-0.25, -0.2) is 8.78 Å². The summed E-state index contributed by atoms with van der Waals surface area (Å²) in [5, 5.41) is 2.97. The normalized spacial score (nSPS) is 19.0. The molecule has 1 fully saturated rings. The van der Waals surface area contributed by atoms with Crippen molar-refractivity contribution in [3.63, 3.8) is 0 Å². The molecule has 2 atom stereocenters. The van der Waals surface area contributed by atoms with Gasteiger partial charge < -0.3 is 10.2 Å². The van der Waals surface area contributed by atoms with Crippen LogP contribution in [0, 0.1) is 17.6 Å². The highest BCUT2D eigenvalue weighted by Gasteiger charge is 2.30. The zero-order valence-electron chi connectivity index (χ0n) is 14.1. The molecular formula is C18H24F2N2O2. The van der Waals surface area contributed by atoms with Crippen LogP contribution in [0.2, 0.25) is 0 Å². The number of carbonyl (C=O) groups is 2. The minimum atomic E-state index is -0.872. The van der Waals surface area contributed by atoms with E-state index in [4.69, 9.17) is 0 Å². The molecule has 1 aliphatic rings. The van der Waals surface area contributed by atoms with Crippen molar-refractivity contribution < 1.29 is 18.4 Å². The van der Waals surface area contributed by atoms with E-state index in [0.29, 0.717) is 25.5 Å². The Morgan fingerprint density at radius 3 is 2.79 bits per heavy atom. The molecule has 0 unspecified atom stereocenters. The highest BCUT2D eigenvalue weighted by atomic mass is 19.1. The number of halogens is 2. The molecule has 1 aliphatic heterocycles. The SMILES string of the molecule is CCC[C@H](C)NC(=O)[C@@H]1CCCN(C(=O)c2ccc(F)cc2F)C1. The first-order valence-corrected chi connectivity index (χ1v) is 8.47. The predicted molar refractivity (Wildman–Crippen MR) is 87.5 cm³/mol. The van der Waals surface area contributed by atoms with Crippen molar-refractivity contribution in [2.75, 3.05) is 13.1 Å². The van der Waals surface area contributed by atoms with Gasteiger partial charge >= 0.3 is 0 Å². The van der Waals surface area contributed by atoms with Crippen LogP contribution in [-0.2, 0) is 4.79 Å². The molecule has 0 radical (unpaired) electrons. The third-order valence-electron chi connectivity index (χ3n) is 4.35. The van der Waals surface area contributed by atoms with Crippen molar-refractivity contribution in [3.05, 3.63) is 35.4 Å². The Hall–Kier alpha value is -1.98. The molecule has 4 nitrogen and oxygen atoms in total. The summed E-state index contributed by atoms with van der Waals surface area (Å²) in [6.07, 6.45) is 3.29. The van der Waals surface area contributed by atoms with Crippen LogP contribution in [0.3, 0.4) is 0 Å². The number of likely N-dealkylation sites (tertiary alicyclic amines) is 1. The predicted octanol–water partition coefficient (Wildman–Crippen LogP) is 3.12. The first-order chi connectivity index (χ1) is 11.4. The number of nitrogens with zero attached hydrogens (tertiary/aromatic N) is 1. The minimum absolute atomic E-state index is 0.0620. The Labute approximate surface area is 141 Å². The summed E-state index contributed by atoms with van der Waals surface area (Å²) in [5.74, 6) is -2.43. The molecule has 1 aromatic rings. The second kappa shape index (κ2) is 8.22. The number of amides is 2. The molecule has 6 heteroatoms. The number of carbonyl (C=O) groups excluding carboxylic acids is 2. The number of rotatable bonds is 5. The molecule has 132 valence electrons. The van der Waals surface area contributed by atoms with E-state index in [1.165, 1.54) is 4.90 Å². The van der Waals surface area contributed by atoms with Gasteiger partial charge in [0, 0.05) is 25.2 Å². The third-order valence-corrected chi connectivity index (χ3v) is 4.35. The monoisotopic (exact) mass is 338 g/mol. The topological polar surface area (TPSA) is 49.4 Å². The number of benzene rings is 1. The third kappa shape index (κ3) is 4.52. The molecule has 0 aliphatic carbocycles. The molecule has 1 N–H and O–H groups in total. The van der Waals surface area contributed by atoms with Crippen LogP contribution in [0.4, 0.5) is 8.78 Å². The van der Waals surface area contributed by atoms with Gasteiger partial charge in [0.05, 0.1) is 11.5 Å². The van der Waals surface area contributed by atoms with Gasteiger partial charge in [0.15, 0.2) is 0 Å². The van der Waals surface area contributed by atoms with Crippen LogP contribution in [0.5, 0.6) is 0 Å². The van der Waals surface area contributed by atoms with Crippen LogP contribution in [-0.4, -0.2) is 35.8 Å². The second-order valence-electron chi connectivity index (χ2n) is 6.41. The number of hydrogen-bond acceptors (Lipinski definition) is 2. The van der Waals surface area contributed by atoms with Crippen molar-refractivity contribution in [2.45, 2.75) is 45.6 Å². The molecule has 1 saturated heterocycles. The number of hydrogen-bond donors (Lipinski definition) is 1. The van der Waals surface area contributed by atoms with Gasteiger partial charge in [-0.3, -0.25) is 9.59 Å². The first-order valence-electron chi connectivity index (χ1n) is 8.47. The molecule has 0 bridgehead atoms. The summed E-state index contributed by atoms with van der Waals surface area (Å²) in [4.78, 5) is 26.3. The minimum Gasteiger partial charge on any atom is -0.353 e. The van der Waals surface area contributed by atoms with Gasteiger partial charge in [-0.15, -0.1) is 0 Å². The Kier molecular flexibility index (Phi) is 6.29. The molecule has 24 heavy (non-hydrogen) atoms. The van der Waals surface area contributed by atoms with Crippen molar-refractivity contribution >= 4 is 11.8 Å². The van der Waals surface area contributed by atoms with E-state index in [9.17, 15) is 18.4 Å². The largest absolute Gasteiger partial charge is 0.353 e. The average molecular weight is 338 g/mol. The van der Waals surface area contributed by atoms with E-state index >= 15 is 0 Å². The highest BCUT2D eigenvalue weighted by molar-refractivity contribution is 5.95. The van der Waals surface area contributed by atoms with Crippen molar-refractivity contribution in [3.8, 4) is 0 Å². The first kappa shape index (κ1) is 18.4. The molecule has 2 amide bonds. The summed E-state index contributed by atoms with van der Waals surface area (Å²) in [6, 6.07) is 3.02. The fraction of sp³-hybridized carbons (Fsp3) is 0.556. The van der Waals surface area contributed by atoms with Crippen molar-refractivity contribution in [2.24, 2.45) is 5.92 Å². The van der Waals surface area contributed by atoms with E-state index in [-0.39, 0.29) is 30.0 Å². The van der Waals surface area contributed by atoms with Crippen molar-refractivity contribution in [1.29, 1.82) is 0 Å². The maximum absolute atomic E-state index is 13.8. The number of piperidine rings is 1. The van der Waals surface area contributed by atoms with Crippen LogP contribution in [0.15, 0.2) is 18.2 Å². The summed E-state index contributed by atoms with van der Waals surface area (Å²) in [5.41, 5.74) is -0.156. The maximum atomic E-state index is 13.8. The fourth-order valence-corrected chi connectivity index (χ4v) is 3.07. The second-order valence-corrected chi connectivity index (χ2v) is 6.41. The van der Waals surface area contributed by atoms with Gasteiger partial charge in [0.25, 0.3) is 5.91 Å². The van der Waals surface area contributed by atoms with E-state index in [1.54, 1.807) is 0 Å². The van der Waals surface area contributed by atoms with Crippen molar-refractivity contribution in [1.82, 2.24) is 10.2 Å². The summed E-state index contributed by atoms with van der Waals surface area (Å²) in [7, 11) is 0. The highest BCUT2D eigenvalue weighted by Crippen LogP contribution is 2.20. The van der Waals surface area contributed by atoms with Gasteiger partial charge in [0.1, 0.15) is 11.6 Å². The number of nitrogens with one attached hydrogen (secondary N) is 1. The van der Waals surface area contributed by atoms with Crippen LogP contribution in [0.25, 0.3) is 0 Å². The Bertz CT molecular complexity index is 607. The Balaban J connectivity index is 2.02.